The van der Waals surface area contributed by atoms with Gasteiger partial charge in [0, 0.05) is 17.6 Å². The number of fused-ring (bicyclic) bond motifs is 1. The molecule has 0 bridgehead atoms. The molecule has 158 valence electrons. The standard InChI is InChI=1S/C21H24F2N6O/c1-21(2,3)26-20(30)25-19-12-24-17-8-9-18(27-29(17)19)28-10-4-5-16(28)14-11-13(22)6-7-15(14)23/h6-9,11-12,16H,4-5,10H2,1-3H3,(H2,25,26,30). The van der Waals surface area contributed by atoms with Crippen LogP contribution in [0.4, 0.5) is 25.2 Å². The van der Waals surface area contributed by atoms with Gasteiger partial charge in [-0.3, -0.25) is 5.32 Å². The molecule has 3 aromatic rings. The number of carbonyl (C=O) groups excluding carboxylic acids is 1. The first-order valence-corrected chi connectivity index (χ1v) is 9.87. The third-order valence-electron chi connectivity index (χ3n) is 4.94. The summed E-state index contributed by atoms with van der Waals surface area (Å²) in [5.41, 5.74) is 0.501. The predicted octanol–water partition coefficient (Wildman–Crippen LogP) is 4.27. The molecule has 0 saturated carbocycles. The first kappa shape index (κ1) is 20.1. The number of anilines is 2. The summed E-state index contributed by atoms with van der Waals surface area (Å²) in [6.45, 7) is 6.32. The number of hydrogen-bond donors (Lipinski definition) is 2. The molecule has 2 N–H and O–H groups in total. The van der Waals surface area contributed by atoms with Gasteiger partial charge >= 0.3 is 6.03 Å². The lowest BCUT2D eigenvalue weighted by Crippen LogP contribution is -2.43. The van der Waals surface area contributed by atoms with Crippen LogP contribution in [0.25, 0.3) is 5.65 Å². The number of carbonyl (C=O) groups is 1. The van der Waals surface area contributed by atoms with Gasteiger partial charge in [0.1, 0.15) is 17.5 Å². The Morgan fingerprint density at radius 3 is 2.77 bits per heavy atom. The molecule has 3 heterocycles. The first-order chi connectivity index (χ1) is 14.2. The van der Waals surface area contributed by atoms with E-state index < -0.39 is 11.6 Å². The van der Waals surface area contributed by atoms with Crippen LogP contribution in [0, 0.1) is 11.6 Å². The van der Waals surface area contributed by atoms with Crippen molar-refractivity contribution in [2.45, 2.75) is 45.2 Å². The van der Waals surface area contributed by atoms with Gasteiger partial charge in [0.2, 0.25) is 0 Å². The SMILES string of the molecule is CC(C)(C)NC(=O)Nc1cnc2ccc(N3CCCC3c3cc(F)ccc3F)nn12. The summed E-state index contributed by atoms with van der Waals surface area (Å²) >= 11 is 0. The van der Waals surface area contributed by atoms with Crippen molar-refractivity contribution in [1.82, 2.24) is 19.9 Å². The molecule has 4 rings (SSSR count). The lowest BCUT2D eigenvalue weighted by Gasteiger charge is -2.26. The fourth-order valence-electron chi connectivity index (χ4n) is 3.72. The summed E-state index contributed by atoms with van der Waals surface area (Å²) in [7, 11) is 0. The molecule has 1 saturated heterocycles. The van der Waals surface area contributed by atoms with Gasteiger partial charge in [0.05, 0.1) is 12.2 Å². The molecule has 1 aliphatic heterocycles. The molecule has 2 aromatic heterocycles. The Labute approximate surface area is 173 Å². The molecule has 1 unspecified atom stereocenters. The fourth-order valence-corrected chi connectivity index (χ4v) is 3.72. The van der Waals surface area contributed by atoms with E-state index in [1.165, 1.54) is 16.8 Å². The molecule has 1 aliphatic rings. The molecule has 0 aliphatic carbocycles. The van der Waals surface area contributed by atoms with E-state index in [1.807, 2.05) is 25.7 Å². The van der Waals surface area contributed by atoms with Gasteiger partial charge in [-0.2, -0.15) is 4.52 Å². The molecule has 7 nitrogen and oxygen atoms in total. The van der Waals surface area contributed by atoms with Crippen molar-refractivity contribution in [2.24, 2.45) is 0 Å². The first-order valence-electron chi connectivity index (χ1n) is 9.87. The largest absolute Gasteiger partial charge is 0.348 e. The van der Waals surface area contributed by atoms with Crippen LogP contribution >= 0.6 is 0 Å². The number of imidazole rings is 1. The third-order valence-corrected chi connectivity index (χ3v) is 4.94. The Hall–Kier alpha value is -3.23. The highest BCUT2D eigenvalue weighted by molar-refractivity contribution is 5.89. The van der Waals surface area contributed by atoms with Crippen LogP contribution in [0.5, 0.6) is 0 Å². The summed E-state index contributed by atoms with van der Waals surface area (Å²) in [6.07, 6.45) is 3.06. The Morgan fingerprint density at radius 1 is 1.20 bits per heavy atom. The number of hydrogen-bond acceptors (Lipinski definition) is 4. The second-order valence-corrected chi connectivity index (χ2v) is 8.45. The molecule has 9 heteroatoms. The van der Waals surface area contributed by atoms with E-state index in [4.69, 9.17) is 0 Å². The maximum absolute atomic E-state index is 14.4. The molecule has 1 aromatic carbocycles. The highest BCUT2D eigenvalue weighted by Crippen LogP contribution is 2.36. The minimum atomic E-state index is -0.465. The van der Waals surface area contributed by atoms with Crippen molar-refractivity contribution in [2.75, 3.05) is 16.8 Å². The van der Waals surface area contributed by atoms with Crippen LogP contribution < -0.4 is 15.5 Å². The fraction of sp³-hybridized carbons (Fsp3) is 0.381. The molecule has 1 fully saturated rings. The monoisotopic (exact) mass is 414 g/mol. The number of amides is 2. The highest BCUT2D eigenvalue weighted by Gasteiger charge is 2.30. The number of benzene rings is 1. The Balaban J connectivity index is 1.64. The van der Waals surface area contributed by atoms with E-state index in [9.17, 15) is 13.6 Å². The van der Waals surface area contributed by atoms with Gasteiger partial charge in [-0.1, -0.05) is 0 Å². The van der Waals surface area contributed by atoms with Crippen molar-refractivity contribution in [3.63, 3.8) is 0 Å². The molecule has 0 radical (unpaired) electrons. The van der Waals surface area contributed by atoms with Crippen molar-refractivity contribution >= 4 is 23.3 Å². The van der Waals surface area contributed by atoms with Gasteiger partial charge < -0.3 is 10.2 Å². The average Bonchev–Trinajstić information content (AvgIpc) is 3.29. The molecule has 2 amide bonds. The van der Waals surface area contributed by atoms with Gasteiger partial charge in [-0.05, 0) is 63.9 Å². The number of nitrogens with one attached hydrogen (secondary N) is 2. The van der Waals surface area contributed by atoms with Crippen molar-refractivity contribution in [3.8, 4) is 0 Å². The zero-order chi connectivity index (χ0) is 21.5. The zero-order valence-electron chi connectivity index (χ0n) is 17.1. The predicted molar refractivity (Wildman–Crippen MR) is 111 cm³/mol. The molecule has 0 spiro atoms. The lowest BCUT2D eigenvalue weighted by atomic mass is 10.0. The smallest absolute Gasteiger partial charge is 0.320 e. The maximum Gasteiger partial charge on any atom is 0.320 e. The average molecular weight is 414 g/mol. The Kier molecular flexibility index (Phi) is 5.05. The van der Waals surface area contributed by atoms with E-state index in [0.29, 0.717) is 35.8 Å². The molecular weight excluding hydrogens is 390 g/mol. The second-order valence-electron chi connectivity index (χ2n) is 8.45. The van der Waals surface area contributed by atoms with E-state index in [2.05, 4.69) is 20.7 Å². The van der Waals surface area contributed by atoms with Crippen LogP contribution in [0.1, 0.15) is 45.2 Å². The van der Waals surface area contributed by atoms with Gasteiger partial charge in [-0.25, -0.2) is 18.6 Å². The van der Waals surface area contributed by atoms with Crippen LogP contribution in [-0.4, -0.2) is 32.7 Å². The molecule has 30 heavy (non-hydrogen) atoms. The lowest BCUT2D eigenvalue weighted by molar-refractivity contribution is 0.243. The number of rotatable bonds is 3. The number of urea groups is 1. The second kappa shape index (κ2) is 7.55. The maximum atomic E-state index is 14.4. The van der Waals surface area contributed by atoms with Crippen LogP contribution in [0.2, 0.25) is 0 Å². The number of aromatic nitrogens is 3. The normalized spacial score (nSPS) is 16.8. The minimum Gasteiger partial charge on any atom is -0.348 e. The number of halogens is 2. The van der Waals surface area contributed by atoms with E-state index >= 15 is 0 Å². The van der Waals surface area contributed by atoms with Crippen molar-refractivity contribution < 1.29 is 13.6 Å². The van der Waals surface area contributed by atoms with Gasteiger partial charge in [-0.15, -0.1) is 5.10 Å². The van der Waals surface area contributed by atoms with Crippen LogP contribution in [0.15, 0.2) is 36.5 Å². The molecular formula is C21H24F2N6O. The van der Waals surface area contributed by atoms with Gasteiger partial charge in [0.25, 0.3) is 0 Å². The number of nitrogens with zero attached hydrogens (tertiary/aromatic N) is 4. The quantitative estimate of drug-likeness (QED) is 0.671. The van der Waals surface area contributed by atoms with E-state index in [-0.39, 0.29) is 17.6 Å². The van der Waals surface area contributed by atoms with Crippen LogP contribution in [-0.2, 0) is 0 Å². The van der Waals surface area contributed by atoms with E-state index in [1.54, 1.807) is 12.1 Å². The van der Waals surface area contributed by atoms with Crippen molar-refractivity contribution in [1.29, 1.82) is 0 Å². The van der Waals surface area contributed by atoms with Crippen LogP contribution in [0.3, 0.4) is 0 Å². The highest BCUT2D eigenvalue weighted by atomic mass is 19.1. The summed E-state index contributed by atoms with van der Waals surface area (Å²) in [5, 5.41) is 10.2. The topological polar surface area (TPSA) is 74.6 Å². The third kappa shape index (κ3) is 4.05. The van der Waals surface area contributed by atoms with Gasteiger partial charge in [0.15, 0.2) is 11.5 Å². The minimum absolute atomic E-state index is 0.310. The Bertz CT molecular complexity index is 1090. The zero-order valence-corrected chi connectivity index (χ0v) is 17.1. The van der Waals surface area contributed by atoms with Crippen molar-refractivity contribution in [3.05, 3.63) is 53.7 Å². The Morgan fingerprint density at radius 2 is 2.00 bits per heavy atom. The summed E-state index contributed by atoms with van der Waals surface area (Å²) in [6, 6.07) is 6.44. The summed E-state index contributed by atoms with van der Waals surface area (Å²) < 4.78 is 29.6. The molecule has 1 atom stereocenters. The summed E-state index contributed by atoms with van der Waals surface area (Å²) in [4.78, 5) is 18.5. The summed E-state index contributed by atoms with van der Waals surface area (Å²) in [5.74, 6) is 0.123. The van der Waals surface area contributed by atoms with E-state index in [0.717, 1.165) is 18.6 Å².